The van der Waals surface area contributed by atoms with E-state index in [-0.39, 0.29) is 18.4 Å². The van der Waals surface area contributed by atoms with E-state index in [2.05, 4.69) is 23.8 Å². The van der Waals surface area contributed by atoms with Gasteiger partial charge in [-0.1, -0.05) is 55.1 Å². The van der Waals surface area contributed by atoms with E-state index in [4.69, 9.17) is 16.3 Å². The average molecular weight is 411 g/mol. The van der Waals surface area contributed by atoms with Crippen molar-refractivity contribution >= 4 is 23.4 Å². The molecule has 2 aromatic carbocycles. The summed E-state index contributed by atoms with van der Waals surface area (Å²) in [7, 11) is 1.55. The molecule has 0 fully saturated rings. The monoisotopic (exact) mass is 410 g/mol. The Morgan fingerprint density at radius 2 is 1.76 bits per heavy atom. The van der Waals surface area contributed by atoms with Crippen LogP contribution >= 0.6 is 11.6 Å². The molecule has 2 N–H and O–H groups in total. The number of allylic oxidation sites excluding steroid dienone is 2. The number of rotatable bonds is 9. The molecule has 2 amide bonds. The smallest absolute Gasteiger partial charge is 0.251 e. The standard InChI is InChI=1S/C23H23ClN2O3/c1-4-6-16(5-2)22(17-7-11-19(24)12-8-17)26-21(27)15-25-23(28)18-9-13-20(29-3)14-10-18/h4-14,22H,1-2,15H2,3H3,(H,25,28)(H,26,27)/b16-6+. The maximum Gasteiger partial charge on any atom is 0.251 e. The quantitative estimate of drug-likeness (QED) is 0.608. The van der Waals surface area contributed by atoms with Gasteiger partial charge in [-0.3, -0.25) is 9.59 Å². The van der Waals surface area contributed by atoms with Crippen molar-refractivity contribution in [1.82, 2.24) is 10.6 Å². The molecule has 0 saturated heterocycles. The van der Waals surface area contributed by atoms with Gasteiger partial charge in [0.15, 0.2) is 0 Å². The van der Waals surface area contributed by atoms with Crippen molar-refractivity contribution < 1.29 is 14.3 Å². The minimum atomic E-state index is -0.451. The Labute approximate surface area is 175 Å². The van der Waals surface area contributed by atoms with Crippen molar-refractivity contribution in [3.63, 3.8) is 0 Å². The second kappa shape index (κ2) is 10.9. The Balaban J connectivity index is 2.07. The van der Waals surface area contributed by atoms with Gasteiger partial charge in [0.05, 0.1) is 19.7 Å². The van der Waals surface area contributed by atoms with Crippen molar-refractivity contribution in [2.75, 3.05) is 13.7 Å². The second-order valence-electron chi connectivity index (χ2n) is 6.07. The number of carbonyl (C=O) groups excluding carboxylic acids is 2. The highest BCUT2D eigenvalue weighted by Gasteiger charge is 2.18. The second-order valence-corrected chi connectivity index (χ2v) is 6.51. The van der Waals surface area contributed by atoms with Gasteiger partial charge >= 0.3 is 0 Å². The molecule has 0 bridgehead atoms. The molecule has 2 aromatic rings. The van der Waals surface area contributed by atoms with Crippen LogP contribution in [-0.4, -0.2) is 25.5 Å². The Kier molecular flexibility index (Phi) is 8.25. The molecule has 0 heterocycles. The number of ether oxygens (including phenoxy) is 1. The van der Waals surface area contributed by atoms with Crippen molar-refractivity contribution in [3.05, 3.63) is 102 Å². The highest BCUT2D eigenvalue weighted by molar-refractivity contribution is 6.30. The van der Waals surface area contributed by atoms with E-state index < -0.39 is 6.04 Å². The molecule has 0 aliphatic carbocycles. The predicted molar refractivity (Wildman–Crippen MR) is 116 cm³/mol. The van der Waals surface area contributed by atoms with E-state index in [1.54, 1.807) is 61.7 Å². The van der Waals surface area contributed by atoms with Crippen LogP contribution in [0, 0.1) is 0 Å². The fraction of sp³-hybridized carbons (Fsp3) is 0.130. The van der Waals surface area contributed by atoms with Gasteiger partial charge in [-0.05, 0) is 47.5 Å². The molecule has 6 heteroatoms. The lowest BCUT2D eigenvalue weighted by Crippen LogP contribution is -2.39. The minimum Gasteiger partial charge on any atom is -0.497 e. The number of carbonyl (C=O) groups is 2. The van der Waals surface area contributed by atoms with Crippen LogP contribution in [0.5, 0.6) is 5.75 Å². The third-order valence-electron chi connectivity index (χ3n) is 4.15. The van der Waals surface area contributed by atoms with Crippen LogP contribution in [0.4, 0.5) is 0 Å². The van der Waals surface area contributed by atoms with Crippen LogP contribution in [0.25, 0.3) is 0 Å². The summed E-state index contributed by atoms with van der Waals surface area (Å²) in [5.41, 5.74) is 2.03. The van der Waals surface area contributed by atoms with Gasteiger partial charge in [-0.2, -0.15) is 0 Å². The summed E-state index contributed by atoms with van der Waals surface area (Å²) in [5.74, 6) is -0.0453. The zero-order valence-corrected chi connectivity index (χ0v) is 16.9. The predicted octanol–water partition coefficient (Wildman–Crippen LogP) is 4.23. The molecule has 5 nitrogen and oxygen atoms in total. The average Bonchev–Trinajstić information content (AvgIpc) is 2.75. The van der Waals surface area contributed by atoms with Crippen molar-refractivity contribution in [3.8, 4) is 5.75 Å². The zero-order valence-electron chi connectivity index (χ0n) is 16.2. The Morgan fingerprint density at radius 1 is 1.10 bits per heavy atom. The van der Waals surface area contributed by atoms with Gasteiger partial charge in [0.25, 0.3) is 5.91 Å². The van der Waals surface area contributed by atoms with Crippen LogP contribution in [-0.2, 0) is 4.79 Å². The van der Waals surface area contributed by atoms with Crippen LogP contribution in [0.1, 0.15) is 22.0 Å². The van der Waals surface area contributed by atoms with Gasteiger partial charge in [0, 0.05) is 10.6 Å². The maximum atomic E-state index is 12.5. The summed E-state index contributed by atoms with van der Waals surface area (Å²) in [5, 5.41) is 6.12. The summed E-state index contributed by atoms with van der Waals surface area (Å²) in [6.45, 7) is 7.33. The first-order valence-electron chi connectivity index (χ1n) is 8.90. The highest BCUT2D eigenvalue weighted by atomic mass is 35.5. The number of halogens is 1. The third-order valence-corrected chi connectivity index (χ3v) is 4.40. The number of amides is 2. The largest absolute Gasteiger partial charge is 0.497 e. The number of nitrogens with one attached hydrogen (secondary N) is 2. The van der Waals surface area contributed by atoms with Crippen molar-refractivity contribution in [2.24, 2.45) is 0 Å². The molecular formula is C23H23ClN2O3. The first-order valence-corrected chi connectivity index (χ1v) is 9.28. The van der Waals surface area contributed by atoms with E-state index in [0.717, 1.165) is 11.1 Å². The molecule has 1 atom stereocenters. The van der Waals surface area contributed by atoms with E-state index in [0.29, 0.717) is 16.3 Å². The van der Waals surface area contributed by atoms with Gasteiger partial charge in [0.2, 0.25) is 5.91 Å². The molecule has 0 spiro atoms. The fourth-order valence-corrected chi connectivity index (χ4v) is 2.78. The van der Waals surface area contributed by atoms with Crippen LogP contribution in [0.15, 0.2) is 85.5 Å². The summed E-state index contributed by atoms with van der Waals surface area (Å²) in [4.78, 5) is 24.7. The number of methoxy groups -OCH3 is 1. The normalized spacial score (nSPS) is 11.9. The van der Waals surface area contributed by atoms with Crippen LogP contribution in [0.3, 0.4) is 0 Å². The molecule has 0 aliphatic rings. The zero-order chi connectivity index (χ0) is 21.2. The van der Waals surface area contributed by atoms with E-state index in [1.165, 1.54) is 0 Å². The van der Waals surface area contributed by atoms with Gasteiger partial charge in [0.1, 0.15) is 5.75 Å². The first kappa shape index (κ1) is 22.0. The molecule has 2 rings (SSSR count). The lowest BCUT2D eigenvalue weighted by atomic mass is 9.98. The van der Waals surface area contributed by atoms with Gasteiger partial charge in [-0.25, -0.2) is 0 Å². The summed E-state index contributed by atoms with van der Waals surface area (Å²) >= 11 is 5.96. The van der Waals surface area contributed by atoms with Crippen molar-refractivity contribution in [2.45, 2.75) is 6.04 Å². The maximum absolute atomic E-state index is 12.5. The number of hydrogen-bond acceptors (Lipinski definition) is 3. The number of hydrogen-bond donors (Lipinski definition) is 2. The Bertz CT molecular complexity index is 903. The lowest BCUT2D eigenvalue weighted by Gasteiger charge is -2.21. The van der Waals surface area contributed by atoms with Gasteiger partial charge < -0.3 is 15.4 Å². The SMILES string of the molecule is C=C/C=C(\C=C)C(NC(=O)CNC(=O)c1ccc(OC)cc1)c1ccc(Cl)cc1. The molecule has 0 aromatic heterocycles. The highest BCUT2D eigenvalue weighted by Crippen LogP contribution is 2.24. The molecule has 0 radical (unpaired) electrons. The molecule has 0 saturated carbocycles. The Morgan fingerprint density at radius 3 is 2.31 bits per heavy atom. The lowest BCUT2D eigenvalue weighted by molar-refractivity contribution is -0.120. The van der Waals surface area contributed by atoms with Crippen molar-refractivity contribution in [1.29, 1.82) is 0 Å². The number of benzene rings is 2. The minimum absolute atomic E-state index is 0.173. The summed E-state index contributed by atoms with van der Waals surface area (Å²) in [6, 6.07) is 13.3. The molecule has 150 valence electrons. The molecule has 1 unspecified atom stereocenters. The van der Waals surface area contributed by atoms with E-state index >= 15 is 0 Å². The third kappa shape index (κ3) is 6.36. The summed E-state index contributed by atoms with van der Waals surface area (Å²) in [6.07, 6.45) is 5.04. The Hall–Kier alpha value is -3.31. The first-order chi connectivity index (χ1) is 14.0. The fourth-order valence-electron chi connectivity index (χ4n) is 2.65. The topological polar surface area (TPSA) is 67.4 Å². The van der Waals surface area contributed by atoms with Crippen LogP contribution in [0.2, 0.25) is 5.02 Å². The van der Waals surface area contributed by atoms with Gasteiger partial charge in [-0.15, -0.1) is 0 Å². The molecule has 0 aliphatic heterocycles. The van der Waals surface area contributed by atoms with E-state index in [9.17, 15) is 9.59 Å². The summed E-state index contributed by atoms with van der Waals surface area (Å²) < 4.78 is 5.07. The molecule has 29 heavy (non-hydrogen) atoms. The van der Waals surface area contributed by atoms with Crippen LogP contribution < -0.4 is 15.4 Å². The molecular weight excluding hydrogens is 388 g/mol. The van der Waals surface area contributed by atoms with E-state index in [1.807, 2.05) is 12.1 Å².